The van der Waals surface area contributed by atoms with Crippen LogP contribution in [-0.4, -0.2) is 53.7 Å². The highest BCUT2D eigenvalue weighted by Gasteiger charge is 2.34. The minimum absolute atomic E-state index is 0.0411. The zero-order valence-corrected chi connectivity index (χ0v) is 14.7. The second-order valence-electron chi connectivity index (χ2n) is 4.96. The molecule has 27 heavy (non-hydrogen) atoms. The number of nitrogens with zero attached hydrogens (tertiary/aromatic N) is 9. The van der Waals surface area contributed by atoms with Gasteiger partial charge in [-0.05, 0) is 22.6 Å². The molecule has 2 aromatic heterocycles. The third kappa shape index (κ3) is 3.08. The molecule has 0 atom stereocenters. The van der Waals surface area contributed by atoms with E-state index < -0.39 is 7.32 Å². The van der Waals surface area contributed by atoms with Gasteiger partial charge >= 0.3 is 7.32 Å². The van der Waals surface area contributed by atoms with E-state index in [1.807, 2.05) is 0 Å². The molecule has 15 heteroatoms. The van der Waals surface area contributed by atoms with Gasteiger partial charge in [0.2, 0.25) is 5.84 Å². The second-order valence-corrected chi connectivity index (χ2v) is 5.73. The van der Waals surface area contributed by atoms with Crippen LogP contribution in [-0.2, 0) is 0 Å². The van der Waals surface area contributed by atoms with Gasteiger partial charge in [0.05, 0.1) is 5.69 Å². The lowest BCUT2D eigenvalue weighted by Crippen LogP contribution is -2.27. The molecule has 0 saturated carbocycles. The molecule has 0 amide bonds. The van der Waals surface area contributed by atoms with Crippen LogP contribution in [0.5, 0.6) is 5.75 Å². The first-order valence-corrected chi connectivity index (χ1v) is 8.02. The van der Waals surface area contributed by atoms with E-state index in [0.29, 0.717) is 5.69 Å². The predicted molar refractivity (Wildman–Crippen MR) is 101 cm³/mol. The van der Waals surface area contributed by atoms with E-state index in [2.05, 4.69) is 41.0 Å². The van der Waals surface area contributed by atoms with Gasteiger partial charge in [0.1, 0.15) is 5.69 Å². The quantitative estimate of drug-likeness (QED) is 0.568. The largest absolute Gasteiger partial charge is 0.707 e. The fourth-order valence-electron chi connectivity index (χ4n) is 2.32. The molecule has 12 nitrogen and oxygen atoms in total. The molecule has 0 aromatic carbocycles. The lowest BCUT2D eigenvalue weighted by molar-refractivity contribution is 0.288. The fraction of sp³-hybridized carbons (Fsp3) is 0. The summed E-state index contributed by atoms with van der Waals surface area (Å²) in [5.41, 5.74) is 0.748. The van der Waals surface area contributed by atoms with Gasteiger partial charge in [0.15, 0.2) is 27.1 Å². The van der Waals surface area contributed by atoms with E-state index >= 15 is 0 Å². The minimum Gasteiger partial charge on any atom is -0.508 e. The number of thiocarbonyl (C=S) groups is 2. The van der Waals surface area contributed by atoms with Crippen molar-refractivity contribution >= 4 is 53.3 Å². The van der Waals surface area contributed by atoms with E-state index in [1.165, 1.54) is 10.9 Å². The van der Waals surface area contributed by atoms with Crippen LogP contribution in [0.4, 0.5) is 0 Å². The SMILES string of the molecule is OB(O)Oc1c(-c2ccccn2)nn(C2=NN=NC2=S)c1C1=NN=NC1=S. The van der Waals surface area contributed by atoms with Crippen LogP contribution >= 0.6 is 24.4 Å². The molecule has 0 saturated heterocycles. The molecular weight excluding hydrogens is 393 g/mol. The summed E-state index contributed by atoms with van der Waals surface area (Å²) in [5, 5.41) is 45.3. The zero-order chi connectivity index (χ0) is 19.0. The Labute approximate surface area is 161 Å². The molecule has 0 bridgehead atoms. The standard InChI is InChI=1S/C12H6BN9O3S2/c23-13(24)25-9-6(5-3-1-2-4-14-5)19-22(10-12(27)18-21-16-10)8(9)7-11(26)17-20-15-7/h1-4,23-24H. The third-order valence-electron chi connectivity index (χ3n) is 3.35. The van der Waals surface area contributed by atoms with Gasteiger partial charge in [-0.1, -0.05) is 30.5 Å². The highest BCUT2D eigenvalue weighted by atomic mass is 32.1. The lowest BCUT2D eigenvalue weighted by Gasteiger charge is -2.09. The maximum absolute atomic E-state index is 9.40. The van der Waals surface area contributed by atoms with Gasteiger partial charge in [-0.3, -0.25) is 4.98 Å². The molecule has 2 aromatic rings. The van der Waals surface area contributed by atoms with E-state index in [-0.39, 0.29) is 38.7 Å². The highest BCUT2D eigenvalue weighted by Crippen LogP contribution is 2.34. The summed E-state index contributed by atoms with van der Waals surface area (Å²) in [6.45, 7) is 0. The van der Waals surface area contributed by atoms with Gasteiger partial charge in [-0.25, -0.2) is 4.68 Å². The van der Waals surface area contributed by atoms with Gasteiger partial charge < -0.3 is 14.7 Å². The minimum atomic E-state index is -2.15. The highest BCUT2D eigenvalue weighted by molar-refractivity contribution is 7.82. The van der Waals surface area contributed by atoms with Crippen LogP contribution in [0.2, 0.25) is 0 Å². The molecule has 4 rings (SSSR count). The lowest BCUT2D eigenvalue weighted by atomic mass is 10.1. The molecule has 2 N–H and O–H groups in total. The van der Waals surface area contributed by atoms with Gasteiger partial charge in [-0.15, -0.1) is 20.4 Å². The Hall–Kier alpha value is -3.14. The number of aromatic nitrogens is 3. The molecule has 0 spiro atoms. The van der Waals surface area contributed by atoms with Gasteiger partial charge in [0.25, 0.3) is 0 Å². The van der Waals surface area contributed by atoms with Crippen molar-refractivity contribution in [2.24, 2.45) is 30.9 Å². The van der Waals surface area contributed by atoms with Crippen molar-refractivity contribution in [3.8, 4) is 17.1 Å². The molecule has 4 heterocycles. The molecule has 2 aliphatic heterocycles. The molecule has 0 aliphatic carbocycles. The first-order valence-electron chi connectivity index (χ1n) is 7.20. The van der Waals surface area contributed by atoms with Crippen LogP contribution in [0.1, 0.15) is 5.69 Å². The monoisotopic (exact) mass is 399 g/mol. The fourth-order valence-corrected chi connectivity index (χ4v) is 2.66. The Morgan fingerprint density at radius 3 is 2.41 bits per heavy atom. The summed E-state index contributed by atoms with van der Waals surface area (Å²) in [5.74, 6) is 0.0198. The van der Waals surface area contributed by atoms with Crippen LogP contribution in [0, 0.1) is 0 Å². The van der Waals surface area contributed by atoms with E-state index in [0.717, 1.165) is 0 Å². The van der Waals surface area contributed by atoms with Crippen molar-refractivity contribution in [2.75, 3.05) is 0 Å². The normalized spacial score (nSPS) is 15.3. The van der Waals surface area contributed by atoms with Crippen molar-refractivity contribution in [3.63, 3.8) is 0 Å². The Kier molecular flexibility index (Phi) is 4.40. The maximum Gasteiger partial charge on any atom is 0.707 e. The van der Waals surface area contributed by atoms with Gasteiger partial charge in [0, 0.05) is 6.20 Å². The Balaban J connectivity index is 1.99. The molecule has 0 radical (unpaired) electrons. The Bertz CT molecular complexity index is 1080. The number of rotatable bonds is 4. The average molecular weight is 399 g/mol. The van der Waals surface area contributed by atoms with E-state index in [4.69, 9.17) is 29.1 Å². The van der Waals surface area contributed by atoms with Crippen LogP contribution in [0.25, 0.3) is 11.4 Å². The van der Waals surface area contributed by atoms with Crippen LogP contribution in [0.3, 0.4) is 0 Å². The van der Waals surface area contributed by atoms with Crippen LogP contribution in [0.15, 0.2) is 55.3 Å². The van der Waals surface area contributed by atoms with Crippen LogP contribution < -0.4 is 4.65 Å². The Morgan fingerprint density at radius 1 is 1.04 bits per heavy atom. The van der Waals surface area contributed by atoms with Crippen molar-refractivity contribution in [3.05, 3.63) is 30.1 Å². The van der Waals surface area contributed by atoms with Crippen molar-refractivity contribution < 1.29 is 14.7 Å². The number of hydrogen-bond acceptors (Lipinski definition) is 11. The number of pyridine rings is 1. The zero-order valence-electron chi connectivity index (χ0n) is 13.0. The first-order chi connectivity index (χ1) is 13.1. The first kappa shape index (κ1) is 17.3. The maximum atomic E-state index is 9.40. The summed E-state index contributed by atoms with van der Waals surface area (Å²) in [6.07, 6.45) is 1.54. The molecular formula is C12H6BN9O3S2. The average Bonchev–Trinajstić information content (AvgIpc) is 3.34. The van der Waals surface area contributed by atoms with Crippen molar-refractivity contribution in [1.82, 2.24) is 14.8 Å². The topological polar surface area (TPSA) is 155 Å². The van der Waals surface area contributed by atoms with Gasteiger partial charge in [-0.2, -0.15) is 5.10 Å². The smallest absolute Gasteiger partial charge is 0.508 e. The second kappa shape index (κ2) is 6.88. The molecule has 0 fully saturated rings. The van der Waals surface area contributed by atoms with E-state index in [1.54, 1.807) is 18.2 Å². The summed E-state index contributed by atoms with van der Waals surface area (Å²) < 4.78 is 6.40. The Morgan fingerprint density at radius 2 is 1.81 bits per heavy atom. The molecule has 0 unspecified atom stereocenters. The van der Waals surface area contributed by atoms with Crippen molar-refractivity contribution in [1.29, 1.82) is 0 Å². The summed E-state index contributed by atoms with van der Waals surface area (Å²) in [4.78, 5) is 4.30. The summed E-state index contributed by atoms with van der Waals surface area (Å²) in [6, 6.07) is 5.09. The molecule has 2 aliphatic rings. The molecule has 132 valence electrons. The van der Waals surface area contributed by atoms with E-state index in [9.17, 15) is 10.0 Å². The summed E-state index contributed by atoms with van der Waals surface area (Å²) >= 11 is 10.3. The third-order valence-corrected chi connectivity index (χ3v) is 3.89. The summed E-state index contributed by atoms with van der Waals surface area (Å²) in [7, 11) is -2.15. The predicted octanol–water partition coefficient (Wildman–Crippen LogP) is 0.745. The number of hydrogen-bond donors (Lipinski definition) is 2. The van der Waals surface area contributed by atoms with Crippen molar-refractivity contribution in [2.45, 2.75) is 0 Å².